The normalized spacial score (nSPS) is 10.5. The van der Waals surface area contributed by atoms with Crippen LogP contribution >= 0.6 is 0 Å². The van der Waals surface area contributed by atoms with E-state index in [0.29, 0.717) is 6.54 Å². The summed E-state index contributed by atoms with van der Waals surface area (Å²) in [5.74, 6) is 0.459. The average molecular weight is 186 g/mol. The zero-order chi connectivity index (χ0) is 10.3. The molecule has 0 unspecified atom stereocenters. The van der Waals surface area contributed by atoms with Crippen molar-refractivity contribution < 1.29 is 4.79 Å². The number of carbonyl (C=O) groups is 1. The molecule has 1 amide bonds. The summed E-state index contributed by atoms with van der Waals surface area (Å²) in [7, 11) is 1.86. The lowest BCUT2D eigenvalue weighted by Gasteiger charge is -2.21. The number of carbonyl (C=O) groups excluding carboxylic acids is 1. The fraction of sp³-hybridized carbons (Fsp3) is 0.900. The van der Waals surface area contributed by atoms with Gasteiger partial charge in [-0.3, -0.25) is 4.79 Å². The molecule has 2 N–H and O–H groups in total. The van der Waals surface area contributed by atoms with Crippen LogP contribution in [0.2, 0.25) is 0 Å². The zero-order valence-corrected chi connectivity index (χ0v) is 9.05. The van der Waals surface area contributed by atoms with Crippen LogP contribution in [-0.4, -0.2) is 30.9 Å². The van der Waals surface area contributed by atoms with Gasteiger partial charge >= 0.3 is 0 Å². The molecular formula is C10H22N2O. The number of rotatable bonds is 6. The summed E-state index contributed by atoms with van der Waals surface area (Å²) in [5.41, 5.74) is 5.38. The van der Waals surface area contributed by atoms with E-state index in [0.717, 1.165) is 25.8 Å². The first-order valence-electron chi connectivity index (χ1n) is 5.12. The maximum absolute atomic E-state index is 11.7. The predicted octanol–water partition coefficient (Wildman–Crippen LogP) is 1.23. The van der Waals surface area contributed by atoms with Crippen molar-refractivity contribution in [3.8, 4) is 0 Å². The molecule has 0 saturated heterocycles. The van der Waals surface area contributed by atoms with Gasteiger partial charge in [0.15, 0.2) is 0 Å². The van der Waals surface area contributed by atoms with E-state index in [9.17, 15) is 4.79 Å². The Bertz CT molecular complexity index is 144. The summed E-state index contributed by atoms with van der Waals surface area (Å²) in [4.78, 5) is 13.5. The Balaban J connectivity index is 3.92. The monoisotopic (exact) mass is 186 g/mol. The molecular weight excluding hydrogens is 164 g/mol. The minimum Gasteiger partial charge on any atom is -0.345 e. The van der Waals surface area contributed by atoms with Gasteiger partial charge in [0.1, 0.15) is 0 Å². The summed E-state index contributed by atoms with van der Waals surface area (Å²) >= 11 is 0. The second-order valence-electron chi connectivity index (χ2n) is 3.42. The van der Waals surface area contributed by atoms with Crippen molar-refractivity contribution in [2.45, 2.75) is 33.1 Å². The van der Waals surface area contributed by atoms with Crippen molar-refractivity contribution in [3.05, 3.63) is 0 Å². The number of hydrogen-bond acceptors (Lipinski definition) is 2. The van der Waals surface area contributed by atoms with Crippen molar-refractivity contribution in [1.29, 1.82) is 0 Å². The van der Waals surface area contributed by atoms with Gasteiger partial charge in [-0.1, -0.05) is 13.8 Å². The van der Waals surface area contributed by atoms with E-state index in [4.69, 9.17) is 5.73 Å². The van der Waals surface area contributed by atoms with Crippen LogP contribution in [0.5, 0.6) is 0 Å². The number of amides is 1. The van der Waals surface area contributed by atoms with E-state index in [1.807, 2.05) is 7.05 Å². The third-order valence-corrected chi connectivity index (χ3v) is 2.41. The molecule has 0 aliphatic heterocycles. The Morgan fingerprint density at radius 2 is 1.92 bits per heavy atom. The predicted molar refractivity (Wildman–Crippen MR) is 55.4 cm³/mol. The van der Waals surface area contributed by atoms with Gasteiger partial charge in [-0.05, 0) is 25.8 Å². The molecule has 0 aromatic rings. The van der Waals surface area contributed by atoms with Crippen LogP contribution in [0.25, 0.3) is 0 Å². The molecule has 0 aromatic heterocycles. The van der Waals surface area contributed by atoms with Gasteiger partial charge in [0.05, 0.1) is 0 Å². The zero-order valence-electron chi connectivity index (χ0n) is 9.05. The van der Waals surface area contributed by atoms with Gasteiger partial charge in [-0.15, -0.1) is 0 Å². The minimum absolute atomic E-state index is 0.197. The van der Waals surface area contributed by atoms with Crippen LogP contribution in [0.15, 0.2) is 0 Å². The SMILES string of the molecule is CCC(CC)C(=O)N(C)CCCN. The van der Waals surface area contributed by atoms with E-state index in [2.05, 4.69) is 13.8 Å². The fourth-order valence-corrected chi connectivity index (χ4v) is 1.39. The van der Waals surface area contributed by atoms with Gasteiger partial charge in [0.25, 0.3) is 0 Å². The van der Waals surface area contributed by atoms with Crippen molar-refractivity contribution in [2.24, 2.45) is 11.7 Å². The maximum Gasteiger partial charge on any atom is 0.225 e. The first kappa shape index (κ1) is 12.4. The average Bonchev–Trinajstić information content (AvgIpc) is 2.15. The number of hydrogen-bond donors (Lipinski definition) is 1. The van der Waals surface area contributed by atoms with Crippen LogP contribution in [0.1, 0.15) is 33.1 Å². The van der Waals surface area contributed by atoms with E-state index in [1.54, 1.807) is 4.90 Å². The van der Waals surface area contributed by atoms with E-state index in [-0.39, 0.29) is 11.8 Å². The molecule has 0 spiro atoms. The second-order valence-corrected chi connectivity index (χ2v) is 3.42. The highest BCUT2D eigenvalue weighted by atomic mass is 16.2. The lowest BCUT2D eigenvalue weighted by molar-refractivity contribution is -0.134. The Morgan fingerprint density at radius 3 is 2.31 bits per heavy atom. The third-order valence-electron chi connectivity index (χ3n) is 2.41. The van der Waals surface area contributed by atoms with Gasteiger partial charge in [-0.2, -0.15) is 0 Å². The van der Waals surface area contributed by atoms with E-state index >= 15 is 0 Å². The van der Waals surface area contributed by atoms with Crippen molar-refractivity contribution in [3.63, 3.8) is 0 Å². The van der Waals surface area contributed by atoms with Gasteiger partial charge in [0.2, 0.25) is 5.91 Å². The van der Waals surface area contributed by atoms with E-state index < -0.39 is 0 Å². The molecule has 13 heavy (non-hydrogen) atoms. The molecule has 0 atom stereocenters. The first-order valence-corrected chi connectivity index (χ1v) is 5.12. The summed E-state index contributed by atoms with van der Waals surface area (Å²) in [6.07, 6.45) is 2.76. The van der Waals surface area contributed by atoms with Gasteiger partial charge in [0, 0.05) is 19.5 Å². The van der Waals surface area contributed by atoms with Gasteiger partial charge in [-0.25, -0.2) is 0 Å². The highest BCUT2D eigenvalue weighted by Crippen LogP contribution is 2.10. The van der Waals surface area contributed by atoms with Crippen LogP contribution in [0, 0.1) is 5.92 Å². The van der Waals surface area contributed by atoms with E-state index in [1.165, 1.54) is 0 Å². The third kappa shape index (κ3) is 4.27. The summed E-state index contributed by atoms with van der Waals surface area (Å²) in [6, 6.07) is 0. The maximum atomic E-state index is 11.7. The Kier molecular flexibility index (Phi) is 6.59. The van der Waals surface area contributed by atoms with Crippen molar-refractivity contribution in [1.82, 2.24) is 4.90 Å². The quantitative estimate of drug-likeness (QED) is 0.678. The Labute approximate surface area is 81.3 Å². The molecule has 3 heteroatoms. The highest BCUT2D eigenvalue weighted by molar-refractivity contribution is 5.78. The lowest BCUT2D eigenvalue weighted by atomic mass is 10.0. The highest BCUT2D eigenvalue weighted by Gasteiger charge is 2.17. The first-order chi connectivity index (χ1) is 6.17. The Morgan fingerprint density at radius 1 is 1.38 bits per heavy atom. The van der Waals surface area contributed by atoms with Gasteiger partial charge < -0.3 is 10.6 Å². The molecule has 0 saturated carbocycles. The minimum atomic E-state index is 0.197. The van der Waals surface area contributed by atoms with Crippen molar-refractivity contribution >= 4 is 5.91 Å². The fourth-order valence-electron chi connectivity index (χ4n) is 1.39. The molecule has 0 rings (SSSR count). The molecule has 0 aliphatic carbocycles. The molecule has 3 nitrogen and oxygen atoms in total. The van der Waals surface area contributed by atoms with Crippen LogP contribution in [0.4, 0.5) is 0 Å². The second kappa shape index (κ2) is 6.89. The summed E-state index contributed by atoms with van der Waals surface area (Å²) in [6.45, 7) is 5.55. The number of nitrogens with two attached hydrogens (primary N) is 1. The number of nitrogens with zero attached hydrogens (tertiary/aromatic N) is 1. The van der Waals surface area contributed by atoms with Crippen LogP contribution in [-0.2, 0) is 4.79 Å². The molecule has 78 valence electrons. The lowest BCUT2D eigenvalue weighted by Crippen LogP contribution is -2.34. The summed E-state index contributed by atoms with van der Waals surface area (Å²) in [5, 5.41) is 0. The molecule has 0 aliphatic rings. The molecule has 0 radical (unpaired) electrons. The van der Waals surface area contributed by atoms with Crippen molar-refractivity contribution in [2.75, 3.05) is 20.1 Å². The molecule has 0 aromatic carbocycles. The van der Waals surface area contributed by atoms with Crippen LogP contribution in [0.3, 0.4) is 0 Å². The molecule has 0 bridgehead atoms. The van der Waals surface area contributed by atoms with Crippen LogP contribution < -0.4 is 5.73 Å². The standard InChI is InChI=1S/C10H22N2O/c1-4-9(5-2)10(13)12(3)8-6-7-11/h9H,4-8,11H2,1-3H3. The smallest absolute Gasteiger partial charge is 0.225 e. The summed E-state index contributed by atoms with van der Waals surface area (Å²) < 4.78 is 0. The topological polar surface area (TPSA) is 46.3 Å². The largest absolute Gasteiger partial charge is 0.345 e. The Hall–Kier alpha value is -0.570. The molecule has 0 fully saturated rings. The molecule has 0 heterocycles.